The van der Waals surface area contributed by atoms with E-state index in [1.54, 1.807) is 6.07 Å². The van der Waals surface area contributed by atoms with Gasteiger partial charge in [0.15, 0.2) is 9.84 Å². The molecule has 0 fully saturated rings. The van der Waals surface area contributed by atoms with Gasteiger partial charge >= 0.3 is 0 Å². The maximum atomic E-state index is 13.5. The minimum atomic E-state index is -3.24. The predicted molar refractivity (Wildman–Crippen MR) is 75.3 cm³/mol. The molecular formula is C14H12ClFO3S. The van der Waals surface area contributed by atoms with Crippen LogP contribution in [-0.4, -0.2) is 14.7 Å². The topological polar surface area (TPSA) is 43.4 Å². The molecule has 0 bridgehead atoms. The zero-order valence-electron chi connectivity index (χ0n) is 10.6. The first-order valence-electron chi connectivity index (χ1n) is 5.74. The van der Waals surface area contributed by atoms with Gasteiger partial charge < -0.3 is 4.74 Å². The molecule has 0 saturated heterocycles. The third kappa shape index (κ3) is 3.49. The molecule has 0 radical (unpaired) electrons. The van der Waals surface area contributed by atoms with E-state index in [9.17, 15) is 12.8 Å². The SMILES string of the molecule is CS(=O)(=O)c1ccc(OCc2c(F)cccc2Cl)cc1. The van der Waals surface area contributed by atoms with Gasteiger partial charge in [0.2, 0.25) is 0 Å². The highest BCUT2D eigenvalue weighted by molar-refractivity contribution is 7.90. The fourth-order valence-electron chi connectivity index (χ4n) is 1.61. The van der Waals surface area contributed by atoms with Gasteiger partial charge in [-0.3, -0.25) is 0 Å². The zero-order chi connectivity index (χ0) is 14.8. The van der Waals surface area contributed by atoms with Gasteiger partial charge in [-0.2, -0.15) is 0 Å². The summed E-state index contributed by atoms with van der Waals surface area (Å²) < 4.78 is 41.5. The van der Waals surface area contributed by atoms with E-state index in [4.69, 9.17) is 16.3 Å². The number of ether oxygens (including phenoxy) is 1. The Hall–Kier alpha value is -1.59. The van der Waals surface area contributed by atoms with Gasteiger partial charge in [0.25, 0.3) is 0 Å². The van der Waals surface area contributed by atoms with Gasteiger partial charge in [-0.15, -0.1) is 0 Å². The van der Waals surface area contributed by atoms with E-state index in [2.05, 4.69) is 0 Å². The molecule has 6 heteroatoms. The first-order valence-corrected chi connectivity index (χ1v) is 8.00. The van der Waals surface area contributed by atoms with Crippen molar-refractivity contribution in [3.8, 4) is 5.75 Å². The average Bonchev–Trinajstić information content (AvgIpc) is 2.37. The van der Waals surface area contributed by atoms with Crippen LogP contribution in [0.5, 0.6) is 5.75 Å². The Morgan fingerprint density at radius 2 is 1.80 bits per heavy atom. The molecule has 0 spiro atoms. The number of sulfone groups is 1. The first kappa shape index (κ1) is 14.8. The number of benzene rings is 2. The standard InChI is InChI=1S/C14H12ClFO3S/c1-20(17,18)11-7-5-10(6-8-11)19-9-12-13(15)3-2-4-14(12)16/h2-8H,9H2,1H3. The highest BCUT2D eigenvalue weighted by Crippen LogP contribution is 2.22. The molecule has 3 nitrogen and oxygen atoms in total. The molecule has 0 aromatic heterocycles. The van der Waals surface area contributed by atoms with Crippen molar-refractivity contribution in [2.24, 2.45) is 0 Å². The summed E-state index contributed by atoms with van der Waals surface area (Å²) in [7, 11) is -3.24. The van der Waals surface area contributed by atoms with Crippen LogP contribution in [0.25, 0.3) is 0 Å². The summed E-state index contributed by atoms with van der Waals surface area (Å²) in [6, 6.07) is 10.3. The summed E-state index contributed by atoms with van der Waals surface area (Å²) in [4.78, 5) is 0.203. The lowest BCUT2D eigenvalue weighted by molar-refractivity contribution is 0.300. The lowest BCUT2D eigenvalue weighted by atomic mass is 10.2. The van der Waals surface area contributed by atoms with Crippen molar-refractivity contribution < 1.29 is 17.5 Å². The van der Waals surface area contributed by atoms with Crippen molar-refractivity contribution in [2.45, 2.75) is 11.5 Å². The molecule has 2 aromatic carbocycles. The van der Waals surface area contributed by atoms with Gasteiger partial charge in [-0.05, 0) is 36.4 Å². The molecule has 0 heterocycles. The van der Waals surface area contributed by atoms with Crippen LogP contribution in [-0.2, 0) is 16.4 Å². The summed E-state index contributed by atoms with van der Waals surface area (Å²) in [6.07, 6.45) is 1.13. The van der Waals surface area contributed by atoms with Crippen molar-refractivity contribution >= 4 is 21.4 Å². The Labute approximate surface area is 121 Å². The predicted octanol–water partition coefficient (Wildman–Crippen LogP) is 3.46. The van der Waals surface area contributed by atoms with Crippen molar-refractivity contribution in [1.82, 2.24) is 0 Å². The average molecular weight is 315 g/mol. The lowest BCUT2D eigenvalue weighted by Gasteiger charge is -2.09. The quantitative estimate of drug-likeness (QED) is 0.868. The maximum Gasteiger partial charge on any atom is 0.175 e. The molecule has 106 valence electrons. The Morgan fingerprint density at radius 1 is 1.15 bits per heavy atom. The van der Waals surface area contributed by atoms with E-state index in [0.29, 0.717) is 5.75 Å². The fourth-order valence-corrected chi connectivity index (χ4v) is 2.46. The molecule has 0 aliphatic heterocycles. The van der Waals surface area contributed by atoms with Crippen LogP contribution in [0.15, 0.2) is 47.4 Å². The molecule has 0 aliphatic carbocycles. The first-order chi connectivity index (χ1) is 9.38. The number of halogens is 2. The van der Waals surface area contributed by atoms with Crippen molar-refractivity contribution in [2.75, 3.05) is 6.26 Å². The third-order valence-electron chi connectivity index (χ3n) is 2.70. The summed E-state index contributed by atoms with van der Waals surface area (Å²) in [6.45, 7) is -0.0241. The van der Waals surface area contributed by atoms with E-state index in [1.807, 2.05) is 0 Å². The minimum Gasteiger partial charge on any atom is -0.489 e. The molecule has 0 saturated carbocycles. The third-order valence-corrected chi connectivity index (χ3v) is 4.18. The number of hydrogen-bond donors (Lipinski definition) is 0. The summed E-state index contributed by atoms with van der Waals surface area (Å²) in [5.74, 6) is 0.00183. The van der Waals surface area contributed by atoms with E-state index in [1.165, 1.54) is 36.4 Å². The monoisotopic (exact) mass is 314 g/mol. The van der Waals surface area contributed by atoms with Crippen LogP contribution in [0.4, 0.5) is 4.39 Å². The molecular weight excluding hydrogens is 303 g/mol. The smallest absolute Gasteiger partial charge is 0.175 e. The van der Waals surface area contributed by atoms with Crippen LogP contribution in [0.3, 0.4) is 0 Å². The second kappa shape index (κ2) is 5.81. The number of hydrogen-bond acceptors (Lipinski definition) is 3. The van der Waals surface area contributed by atoms with Crippen molar-refractivity contribution in [3.63, 3.8) is 0 Å². The van der Waals surface area contributed by atoms with E-state index < -0.39 is 15.7 Å². The fraction of sp³-hybridized carbons (Fsp3) is 0.143. The van der Waals surface area contributed by atoms with Gasteiger partial charge in [-0.1, -0.05) is 17.7 Å². The molecule has 20 heavy (non-hydrogen) atoms. The summed E-state index contributed by atoms with van der Waals surface area (Å²) in [5, 5.41) is 0.290. The summed E-state index contributed by atoms with van der Waals surface area (Å²) >= 11 is 5.88. The van der Waals surface area contributed by atoms with E-state index in [0.717, 1.165) is 6.26 Å². The largest absolute Gasteiger partial charge is 0.489 e. The Morgan fingerprint density at radius 3 is 2.35 bits per heavy atom. The van der Waals surface area contributed by atoms with Gasteiger partial charge in [0.05, 0.1) is 9.92 Å². The second-order valence-corrected chi connectivity index (χ2v) is 6.66. The van der Waals surface area contributed by atoms with Crippen LogP contribution >= 0.6 is 11.6 Å². The van der Waals surface area contributed by atoms with Crippen LogP contribution in [0.2, 0.25) is 5.02 Å². The van der Waals surface area contributed by atoms with Crippen molar-refractivity contribution in [3.05, 3.63) is 58.9 Å². The lowest BCUT2D eigenvalue weighted by Crippen LogP contribution is -2.00. The van der Waals surface area contributed by atoms with Crippen molar-refractivity contribution in [1.29, 1.82) is 0 Å². The summed E-state index contributed by atoms with van der Waals surface area (Å²) in [5.41, 5.74) is 0.265. The van der Waals surface area contributed by atoms with Gasteiger partial charge in [0.1, 0.15) is 18.2 Å². The molecule has 0 aliphatic rings. The molecule has 2 rings (SSSR count). The van der Waals surface area contributed by atoms with Gasteiger partial charge in [-0.25, -0.2) is 12.8 Å². The Balaban J connectivity index is 2.12. The molecule has 2 aromatic rings. The molecule has 0 unspecified atom stereocenters. The molecule has 0 N–H and O–H groups in total. The highest BCUT2D eigenvalue weighted by atomic mass is 35.5. The van der Waals surface area contributed by atoms with Gasteiger partial charge in [0, 0.05) is 11.8 Å². The maximum absolute atomic E-state index is 13.5. The molecule has 0 amide bonds. The minimum absolute atomic E-state index is 0.0241. The van der Waals surface area contributed by atoms with E-state index >= 15 is 0 Å². The van der Waals surface area contributed by atoms with Crippen LogP contribution in [0.1, 0.15) is 5.56 Å². The van der Waals surface area contributed by atoms with E-state index in [-0.39, 0.29) is 22.1 Å². The normalized spacial score (nSPS) is 11.3. The highest BCUT2D eigenvalue weighted by Gasteiger charge is 2.09. The second-order valence-electron chi connectivity index (χ2n) is 4.23. The van der Waals surface area contributed by atoms with Crippen LogP contribution in [0, 0.1) is 5.82 Å². The Bertz CT molecular complexity index is 691. The van der Waals surface area contributed by atoms with Crippen LogP contribution < -0.4 is 4.74 Å². The Kier molecular flexibility index (Phi) is 4.30. The molecule has 0 atom stereocenters. The zero-order valence-corrected chi connectivity index (χ0v) is 12.2. The number of rotatable bonds is 4.